The third kappa shape index (κ3) is 1.54. The number of aromatic nitrogens is 3. The number of nitrogens with one attached hydrogen (secondary N) is 3. The summed E-state index contributed by atoms with van der Waals surface area (Å²) in [5, 5.41) is 2.89. The minimum Gasteiger partial charge on any atom is -0.369 e. The number of hydrogen-bond donors (Lipinski definition) is 4. The fraction of sp³-hybridized carbons (Fsp3) is 0.125. The van der Waals surface area contributed by atoms with Gasteiger partial charge in [0.1, 0.15) is 5.65 Å². The first kappa shape index (κ1) is 9.25. The summed E-state index contributed by atoms with van der Waals surface area (Å²) in [4.78, 5) is 30.8. The molecule has 0 aromatic carbocycles. The zero-order valence-electron chi connectivity index (χ0n) is 7.70. The number of carbonyl (C=O) groups excluding carboxylic acids is 1. The van der Waals surface area contributed by atoms with Gasteiger partial charge in [0.15, 0.2) is 0 Å². The van der Waals surface area contributed by atoms with Gasteiger partial charge in [0.2, 0.25) is 12.4 Å². The van der Waals surface area contributed by atoms with Crippen LogP contribution >= 0.6 is 0 Å². The van der Waals surface area contributed by atoms with E-state index < -0.39 is 0 Å². The zero-order chi connectivity index (χ0) is 10.8. The van der Waals surface area contributed by atoms with Gasteiger partial charge in [-0.1, -0.05) is 0 Å². The van der Waals surface area contributed by atoms with Crippen molar-refractivity contribution in [3.63, 3.8) is 0 Å². The highest BCUT2D eigenvalue weighted by molar-refractivity contribution is 5.79. The number of hydrogen-bond acceptors (Lipinski definition) is 4. The van der Waals surface area contributed by atoms with E-state index in [0.717, 1.165) is 0 Å². The minimum absolute atomic E-state index is 0.0595. The number of anilines is 1. The summed E-state index contributed by atoms with van der Waals surface area (Å²) in [7, 11) is 0. The molecule has 0 aliphatic rings. The molecule has 78 valence electrons. The van der Waals surface area contributed by atoms with Gasteiger partial charge in [0, 0.05) is 18.3 Å². The minimum atomic E-state index is -0.318. The molecular weight excluding hydrogens is 198 g/mol. The van der Waals surface area contributed by atoms with Gasteiger partial charge in [-0.2, -0.15) is 4.98 Å². The number of nitrogen functional groups attached to an aromatic ring is 1. The van der Waals surface area contributed by atoms with E-state index in [4.69, 9.17) is 5.73 Å². The lowest BCUT2D eigenvalue weighted by Crippen LogP contribution is -2.14. The van der Waals surface area contributed by atoms with Crippen molar-refractivity contribution in [3.8, 4) is 0 Å². The molecular formula is C8H9N5O2. The number of rotatable bonds is 3. The van der Waals surface area contributed by atoms with E-state index in [0.29, 0.717) is 23.0 Å². The molecule has 7 nitrogen and oxygen atoms in total. The quantitative estimate of drug-likeness (QED) is 0.487. The second-order valence-electron chi connectivity index (χ2n) is 2.99. The average Bonchev–Trinajstić information content (AvgIpc) is 2.58. The summed E-state index contributed by atoms with van der Waals surface area (Å²) in [6.07, 6.45) is 2.18. The van der Waals surface area contributed by atoms with Crippen LogP contribution in [-0.4, -0.2) is 21.4 Å². The Morgan fingerprint density at radius 1 is 1.60 bits per heavy atom. The predicted molar refractivity (Wildman–Crippen MR) is 54.0 cm³/mol. The van der Waals surface area contributed by atoms with E-state index in [2.05, 4.69) is 20.3 Å². The summed E-state index contributed by atoms with van der Waals surface area (Å²) < 4.78 is 0. The van der Waals surface area contributed by atoms with Crippen LogP contribution in [-0.2, 0) is 11.3 Å². The van der Waals surface area contributed by atoms with Crippen LogP contribution in [0.3, 0.4) is 0 Å². The summed E-state index contributed by atoms with van der Waals surface area (Å²) in [6.45, 7) is 0.276. The SMILES string of the molecule is Nc1nc2[nH]cc(CNC=O)c2c(=O)[nH]1. The van der Waals surface area contributed by atoms with Crippen LogP contribution in [0, 0.1) is 0 Å². The molecule has 15 heavy (non-hydrogen) atoms. The number of aromatic amines is 2. The van der Waals surface area contributed by atoms with E-state index in [9.17, 15) is 9.59 Å². The van der Waals surface area contributed by atoms with Crippen molar-refractivity contribution in [1.82, 2.24) is 20.3 Å². The highest BCUT2D eigenvalue weighted by Gasteiger charge is 2.08. The molecule has 2 heterocycles. The molecule has 0 saturated carbocycles. The Bertz CT molecular complexity index is 556. The van der Waals surface area contributed by atoms with E-state index >= 15 is 0 Å². The third-order valence-electron chi connectivity index (χ3n) is 2.02. The fourth-order valence-electron chi connectivity index (χ4n) is 1.41. The molecule has 1 amide bonds. The molecule has 2 aromatic heterocycles. The Labute approximate surface area is 83.7 Å². The molecule has 5 N–H and O–H groups in total. The maximum atomic E-state index is 11.5. The molecule has 0 fully saturated rings. The molecule has 2 rings (SSSR count). The molecule has 0 saturated heterocycles. The molecule has 0 spiro atoms. The van der Waals surface area contributed by atoms with E-state index in [1.165, 1.54) is 0 Å². The first-order chi connectivity index (χ1) is 7.22. The molecule has 0 radical (unpaired) electrons. The fourth-order valence-corrected chi connectivity index (χ4v) is 1.41. The van der Waals surface area contributed by atoms with Gasteiger partial charge in [-0.05, 0) is 0 Å². The lowest BCUT2D eigenvalue weighted by Gasteiger charge is -1.96. The standard InChI is InChI=1S/C8H9N5O2/c9-8-12-6-5(7(15)13-8)4(2-11-6)1-10-3-14/h2-3H,1H2,(H,10,14)(H4,9,11,12,13,15). The van der Waals surface area contributed by atoms with E-state index in [-0.39, 0.29) is 18.1 Å². The number of nitrogens with two attached hydrogens (primary N) is 1. The zero-order valence-corrected chi connectivity index (χ0v) is 7.70. The van der Waals surface area contributed by atoms with Crippen molar-refractivity contribution in [2.75, 3.05) is 5.73 Å². The van der Waals surface area contributed by atoms with Crippen molar-refractivity contribution in [3.05, 3.63) is 22.1 Å². The monoisotopic (exact) mass is 207 g/mol. The van der Waals surface area contributed by atoms with Crippen molar-refractivity contribution in [1.29, 1.82) is 0 Å². The molecule has 0 atom stereocenters. The van der Waals surface area contributed by atoms with Gasteiger partial charge in [0.25, 0.3) is 5.56 Å². The lowest BCUT2D eigenvalue weighted by atomic mass is 10.2. The first-order valence-corrected chi connectivity index (χ1v) is 4.25. The van der Waals surface area contributed by atoms with Crippen molar-refractivity contribution in [2.24, 2.45) is 0 Å². The van der Waals surface area contributed by atoms with Gasteiger partial charge < -0.3 is 16.0 Å². The maximum absolute atomic E-state index is 11.5. The molecule has 2 aromatic rings. The van der Waals surface area contributed by atoms with Gasteiger partial charge in [0.05, 0.1) is 5.39 Å². The Morgan fingerprint density at radius 3 is 3.13 bits per heavy atom. The first-order valence-electron chi connectivity index (χ1n) is 4.25. The number of carbonyl (C=O) groups is 1. The van der Waals surface area contributed by atoms with Crippen molar-refractivity contribution in [2.45, 2.75) is 6.54 Å². The predicted octanol–water partition coefficient (Wildman–Crippen LogP) is -0.921. The second kappa shape index (κ2) is 3.45. The summed E-state index contributed by atoms with van der Waals surface area (Å²) in [5.74, 6) is 0.0595. The highest BCUT2D eigenvalue weighted by atomic mass is 16.1. The van der Waals surface area contributed by atoms with Gasteiger partial charge in [-0.25, -0.2) is 0 Å². The Hall–Kier alpha value is -2.31. The number of amides is 1. The van der Waals surface area contributed by atoms with Gasteiger partial charge >= 0.3 is 0 Å². The largest absolute Gasteiger partial charge is 0.369 e. The van der Waals surface area contributed by atoms with Gasteiger partial charge in [-0.15, -0.1) is 0 Å². The smallest absolute Gasteiger partial charge is 0.262 e. The van der Waals surface area contributed by atoms with Crippen molar-refractivity contribution >= 4 is 23.4 Å². The average molecular weight is 207 g/mol. The van der Waals surface area contributed by atoms with Crippen LogP contribution in [0.1, 0.15) is 5.56 Å². The molecule has 0 aliphatic heterocycles. The molecule has 0 aliphatic carbocycles. The highest BCUT2D eigenvalue weighted by Crippen LogP contribution is 2.11. The van der Waals surface area contributed by atoms with Crippen LogP contribution in [0.2, 0.25) is 0 Å². The summed E-state index contributed by atoms with van der Waals surface area (Å²) in [5.41, 5.74) is 6.15. The molecule has 0 bridgehead atoms. The lowest BCUT2D eigenvalue weighted by molar-refractivity contribution is -0.109. The Morgan fingerprint density at radius 2 is 2.40 bits per heavy atom. The topological polar surface area (TPSA) is 117 Å². The van der Waals surface area contributed by atoms with E-state index in [1.807, 2.05) is 0 Å². The normalized spacial score (nSPS) is 10.4. The molecule has 7 heteroatoms. The van der Waals surface area contributed by atoms with Crippen LogP contribution in [0.25, 0.3) is 11.0 Å². The summed E-state index contributed by atoms with van der Waals surface area (Å²) >= 11 is 0. The third-order valence-corrected chi connectivity index (χ3v) is 2.02. The maximum Gasteiger partial charge on any atom is 0.262 e. The number of fused-ring (bicyclic) bond motifs is 1. The second-order valence-corrected chi connectivity index (χ2v) is 2.99. The van der Waals surface area contributed by atoms with Crippen LogP contribution in [0.15, 0.2) is 11.0 Å². The number of nitrogens with zero attached hydrogens (tertiary/aromatic N) is 1. The Balaban J connectivity index is 2.58. The molecule has 0 unspecified atom stereocenters. The van der Waals surface area contributed by atoms with Crippen LogP contribution in [0.5, 0.6) is 0 Å². The van der Waals surface area contributed by atoms with Crippen molar-refractivity contribution < 1.29 is 4.79 Å². The van der Waals surface area contributed by atoms with Gasteiger partial charge in [-0.3, -0.25) is 14.6 Å². The van der Waals surface area contributed by atoms with E-state index in [1.54, 1.807) is 6.20 Å². The summed E-state index contributed by atoms with van der Waals surface area (Å²) in [6, 6.07) is 0. The van der Waals surface area contributed by atoms with Crippen LogP contribution < -0.4 is 16.6 Å². The van der Waals surface area contributed by atoms with Crippen LogP contribution in [0.4, 0.5) is 5.95 Å². The Kier molecular flexibility index (Phi) is 2.13. The number of H-pyrrole nitrogens is 2.